The van der Waals surface area contributed by atoms with Crippen LogP contribution >= 0.6 is 24.0 Å². The van der Waals surface area contributed by atoms with Crippen molar-refractivity contribution in [2.45, 2.75) is 25.7 Å². The number of hydrogen-bond acceptors (Lipinski definition) is 4. The number of nitrogens with zero attached hydrogens (tertiary/aromatic N) is 1. The first-order chi connectivity index (χ1) is 6.79. The van der Waals surface area contributed by atoms with Crippen LogP contribution in [0.2, 0.25) is 0 Å². The molecule has 0 saturated heterocycles. The normalized spacial score (nSPS) is 14.9. The van der Waals surface area contributed by atoms with Gasteiger partial charge in [0.25, 0.3) is 0 Å². The smallest absolute Gasteiger partial charge is 0.235 e. The lowest BCUT2D eigenvalue weighted by Crippen LogP contribution is -2.12. The van der Waals surface area contributed by atoms with Crippen LogP contribution in [0.1, 0.15) is 23.4 Å². The summed E-state index contributed by atoms with van der Waals surface area (Å²) in [5.74, 6) is 0.129. The van der Waals surface area contributed by atoms with E-state index in [1.54, 1.807) is 11.3 Å². The topological polar surface area (TPSA) is 42.0 Å². The molecule has 0 radical (unpaired) electrons. The number of nitrogens with one attached hydrogen (secondary N) is 1. The van der Waals surface area contributed by atoms with Gasteiger partial charge in [-0.15, -0.1) is 11.3 Å². The highest BCUT2D eigenvalue weighted by atomic mass is 32.1. The Bertz CT molecular complexity index is 325. The minimum Gasteiger partial charge on any atom is -0.301 e. The Morgan fingerprint density at radius 1 is 1.50 bits per heavy atom. The third-order valence-corrected chi connectivity index (χ3v) is 3.60. The number of fused-ring (bicyclic) bond motifs is 1. The molecule has 0 fully saturated rings. The number of thiol groups is 1. The molecular formula is C9H12N2OS2. The molecule has 3 nitrogen and oxygen atoms in total. The first-order valence-electron chi connectivity index (χ1n) is 4.69. The first-order valence-corrected chi connectivity index (χ1v) is 6.14. The van der Waals surface area contributed by atoms with Gasteiger partial charge in [0.2, 0.25) is 5.91 Å². The number of hydrogen-bond donors (Lipinski definition) is 2. The summed E-state index contributed by atoms with van der Waals surface area (Å²) in [6.45, 7) is 0. The van der Waals surface area contributed by atoms with Crippen LogP contribution < -0.4 is 5.32 Å². The molecule has 1 amide bonds. The SMILES string of the molecule is O=C(CS)Nc1nc2c(s1)CCCC2. The van der Waals surface area contributed by atoms with Gasteiger partial charge in [-0.2, -0.15) is 12.6 Å². The summed E-state index contributed by atoms with van der Waals surface area (Å²) in [5, 5.41) is 3.47. The van der Waals surface area contributed by atoms with E-state index in [9.17, 15) is 4.79 Å². The predicted molar refractivity (Wildman–Crippen MR) is 61.2 cm³/mol. The molecule has 2 rings (SSSR count). The zero-order valence-electron chi connectivity index (χ0n) is 7.75. The Kier molecular flexibility index (Phi) is 3.08. The van der Waals surface area contributed by atoms with Crippen LogP contribution in [0.5, 0.6) is 0 Å². The van der Waals surface area contributed by atoms with Crippen molar-refractivity contribution in [3.63, 3.8) is 0 Å². The van der Waals surface area contributed by atoms with Gasteiger partial charge in [0.05, 0.1) is 11.4 Å². The Labute approximate surface area is 92.3 Å². The van der Waals surface area contributed by atoms with E-state index in [1.807, 2.05) is 0 Å². The Hall–Kier alpha value is -0.550. The molecule has 0 aromatic carbocycles. The number of carbonyl (C=O) groups excluding carboxylic acids is 1. The van der Waals surface area contributed by atoms with Crippen LogP contribution in [0.15, 0.2) is 0 Å². The number of amides is 1. The van der Waals surface area contributed by atoms with Crippen LogP contribution in [0.3, 0.4) is 0 Å². The van der Waals surface area contributed by atoms with Gasteiger partial charge in [0.1, 0.15) is 0 Å². The monoisotopic (exact) mass is 228 g/mol. The Balaban J connectivity index is 2.12. The average Bonchev–Trinajstić information content (AvgIpc) is 2.59. The number of aryl methyl sites for hydroxylation is 2. The van der Waals surface area contributed by atoms with E-state index in [4.69, 9.17) is 0 Å². The van der Waals surface area contributed by atoms with E-state index in [1.165, 1.54) is 23.4 Å². The summed E-state index contributed by atoms with van der Waals surface area (Å²) < 4.78 is 0. The quantitative estimate of drug-likeness (QED) is 0.759. The van der Waals surface area contributed by atoms with Crippen LogP contribution in [0, 0.1) is 0 Å². The minimum absolute atomic E-state index is 0.0839. The molecule has 1 N–H and O–H groups in total. The predicted octanol–water partition coefficient (Wildman–Crippen LogP) is 1.89. The molecule has 0 unspecified atom stereocenters. The molecule has 76 valence electrons. The number of thiazole rings is 1. The molecule has 14 heavy (non-hydrogen) atoms. The summed E-state index contributed by atoms with van der Waals surface area (Å²) in [4.78, 5) is 16.8. The fraction of sp³-hybridized carbons (Fsp3) is 0.556. The van der Waals surface area contributed by atoms with Crippen LogP contribution in [0.25, 0.3) is 0 Å². The fourth-order valence-electron chi connectivity index (χ4n) is 1.56. The third-order valence-electron chi connectivity index (χ3n) is 2.24. The fourth-order valence-corrected chi connectivity index (χ4v) is 2.71. The molecular weight excluding hydrogens is 216 g/mol. The number of carbonyl (C=O) groups is 1. The van der Waals surface area contributed by atoms with E-state index in [0.29, 0.717) is 0 Å². The van der Waals surface area contributed by atoms with E-state index in [-0.39, 0.29) is 11.7 Å². The van der Waals surface area contributed by atoms with E-state index >= 15 is 0 Å². The van der Waals surface area contributed by atoms with Crippen molar-refractivity contribution in [3.8, 4) is 0 Å². The molecule has 1 aromatic rings. The molecule has 1 heterocycles. The molecule has 0 saturated carbocycles. The van der Waals surface area contributed by atoms with Gasteiger partial charge in [0.15, 0.2) is 5.13 Å². The van der Waals surface area contributed by atoms with Crippen LogP contribution in [0.4, 0.5) is 5.13 Å². The van der Waals surface area contributed by atoms with E-state index in [2.05, 4.69) is 22.9 Å². The number of rotatable bonds is 2. The van der Waals surface area contributed by atoms with Gasteiger partial charge < -0.3 is 5.32 Å². The van der Waals surface area contributed by atoms with Crippen LogP contribution in [-0.4, -0.2) is 16.6 Å². The van der Waals surface area contributed by atoms with Crippen molar-refractivity contribution in [1.82, 2.24) is 4.98 Å². The van der Waals surface area contributed by atoms with Crippen molar-refractivity contribution in [2.75, 3.05) is 11.1 Å². The second-order valence-corrected chi connectivity index (χ2v) is 4.70. The summed E-state index contributed by atoms with van der Waals surface area (Å²) in [6.07, 6.45) is 4.64. The lowest BCUT2D eigenvalue weighted by molar-refractivity contribution is -0.113. The highest BCUT2D eigenvalue weighted by Crippen LogP contribution is 2.29. The number of anilines is 1. The lowest BCUT2D eigenvalue weighted by Gasteiger charge is -2.06. The zero-order chi connectivity index (χ0) is 9.97. The van der Waals surface area contributed by atoms with Gasteiger partial charge in [-0.1, -0.05) is 0 Å². The second-order valence-electron chi connectivity index (χ2n) is 3.30. The summed E-state index contributed by atoms with van der Waals surface area (Å²) >= 11 is 5.50. The van der Waals surface area contributed by atoms with Gasteiger partial charge in [-0.05, 0) is 25.7 Å². The maximum Gasteiger partial charge on any atom is 0.235 e. The van der Waals surface area contributed by atoms with E-state index < -0.39 is 0 Å². The van der Waals surface area contributed by atoms with E-state index in [0.717, 1.165) is 18.0 Å². The molecule has 0 spiro atoms. The van der Waals surface area contributed by atoms with Crippen molar-refractivity contribution in [1.29, 1.82) is 0 Å². The molecule has 1 aromatic heterocycles. The average molecular weight is 228 g/mol. The first kappa shape index (κ1) is 9.98. The van der Waals surface area contributed by atoms with Gasteiger partial charge in [0, 0.05) is 4.88 Å². The molecule has 0 bridgehead atoms. The van der Waals surface area contributed by atoms with Crippen molar-refractivity contribution in [2.24, 2.45) is 0 Å². The summed E-state index contributed by atoms with van der Waals surface area (Å²) in [6, 6.07) is 0. The third kappa shape index (κ3) is 2.09. The maximum atomic E-state index is 11.1. The highest BCUT2D eigenvalue weighted by molar-refractivity contribution is 7.81. The largest absolute Gasteiger partial charge is 0.301 e. The standard InChI is InChI=1S/C9H12N2OS2/c12-8(5-13)11-9-10-6-3-1-2-4-7(6)14-9/h13H,1-5H2,(H,10,11,12). The molecule has 1 aliphatic rings. The molecule has 0 atom stereocenters. The second kappa shape index (κ2) is 4.31. The van der Waals surface area contributed by atoms with Gasteiger partial charge in [-0.3, -0.25) is 4.79 Å². The zero-order valence-corrected chi connectivity index (χ0v) is 9.46. The summed E-state index contributed by atoms with van der Waals surface area (Å²) in [5.41, 5.74) is 1.18. The Morgan fingerprint density at radius 2 is 2.29 bits per heavy atom. The number of aromatic nitrogens is 1. The molecule has 0 aliphatic heterocycles. The van der Waals surface area contributed by atoms with Gasteiger partial charge in [-0.25, -0.2) is 4.98 Å². The maximum absolute atomic E-state index is 11.1. The van der Waals surface area contributed by atoms with Gasteiger partial charge >= 0.3 is 0 Å². The highest BCUT2D eigenvalue weighted by Gasteiger charge is 2.15. The minimum atomic E-state index is -0.0839. The van der Waals surface area contributed by atoms with Crippen molar-refractivity contribution < 1.29 is 4.79 Å². The lowest BCUT2D eigenvalue weighted by atomic mass is 10.0. The van der Waals surface area contributed by atoms with Crippen LogP contribution in [-0.2, 0) is 17.6 Å². The molecule has 1 aliphatic carbocycles. The summed E-state index contributed by atoms with van der Waals surface area (Å²) in [7, 11) is 0. The van der Waals surface area contributed by atoms with Crippen molar-refractivity contribution >= 4 is 35.0 Å². The Morgan fingerprint density at radius 3 is 3.00 bits per heavy atom. The van der Waals surface area contributed by atoms with Crippen molar-refractivity contribution in [3.05, 3.63) is 10.6 Å². The molecule has 5 heteroatoms.